The molecule has 4 nitrogen and oxygen atoms in total. The lowest BCUT2D eigenvalue weighted by Crippen LogP contribution is -2.30. The number of likely N-dealkylation sites (N-methyl/N-ethyl adjacent to an activating group) is 1. The highest BCUT2D eigenvalue weighted by Crippen LogP contribution is 2.11. The number of phenols is 1. The van der Waals surface area contributed by atoms with Crippen molar-refractivity contribution in [2.45, 2.75) is 25.8 Å². The molecule has 0 radical (unpaired) electrons. The normalized spacial score (nSPS) is 12.8. The van der Waals surface area contributed by atoms with E-state index in [0.717, 1.165) is 39.1 Å². The molecule has 1 aromatic carbocycles. The summed E-state index contributed by atoms with van der Waals surface area (Å²) in [7, 11) is 4.10. The van der Waals surface area contributed by atoms with Crippen LogP contribution in [0, 0.1) is 0 Å². The minimum atomic E-state index is 0.329. The lowest BCUT2D eigenvalue weighted by Gasteiger charge is -2.14. The molecular weight excluding hydrogens is 252 g/mol. The second-order valence-corrected chi connectivity index (χ2v) is 5.48. The first-order valence-corrected chi connectivity index (χ1v) is 7.31. The molecule has 0 saturated heterocycles. The van der Waals surface area contributed by atoms with Crippen molar-refractivity contribution in [3.63, 3.8) is 0 Å². The fourth-order valence-corrected chi connectivity index (χ4v) is 1.87. The van der Waals surface area contributed by atoms with Crippen molar-refractivity contribution >= 4 is 0 Å². The van der Waals surface area contributed by atoms with E-state index in [4.69, 9.17) is 4.74 Å². The van der Waals surface area contributed by atoms with Gasteiger partial charge in [0.25, 0.3) is 0 Å². The SMILES string of the molecule is CC(CCc1ccc(O)cc1)NCCOCCN(C)C. The van der Waals surface area contributed by atoms with Crippen LogP contribution in [0.5, 0.6) is 5.75 Å². The van der Waals surface area contributed by atoms with Crippen LogP contribution in [0.2, 0.25) is 0 Å². The van der Waals surface area contributed by atoms with E-state index in [1.54, 1.807) is 12.1 Å². The summed E-state index contributed by atoms with van der Waals surface area (Å²) in [5.74, 6) is 0.329. The average molecular weight is 280 g/mol. The topological polar surface area (TPSA) is 44.7 Å². The first-order chi connectivity index (χ1) is 9.58. The lowest BCUT2D eigenvalue weighted by molar-refractivity contribution is 0.117. The van der Waals surface area contributed by atoms with Gasteiger partial charge in [-0.3, -0.25) is 0 Å². The molecule has 0 aromatic heterocycles. The minimum Gasteiger partial charge on any atom is -0.508 e. The third-order valence-electron chi connectivity index (χ3n) is 3.22. The van der Waals surface area contributed by atoms with E-state index in [1.807, 2.05) is 26.2 Å². The first-order valence-electron chi connectivity index (χ1n) is 7.31. The van der Waals surface area contributed by atoms with Gasteiger partial charge in [0, 0.05) is 19.1 Å². The maximum atomic E-state index is 9.23. The van der Waals surface area contributed by atoms with E-state index < -0.39 is 0 Å². The second kappa shape index (κ2) is 9.75. The van der Waals surface area contributed by atoms with Gasteiger partial charge in [0.2, 0.25) is 0 Å². The Hall–Kier alpha value is -1.10. The summed E-state index contributed by atoms with van der Waals surface area (Å²) in [5, 5.41) is 12.7. The van der Waals surface area contributed by atoms with Crippen LogP contribution in [0.15, 0.2) is 24.3 Å². The van der Waals surface area contributed by atoms with E-state index in [2.05, 4.69) is 17.1 Å². The Morgan fingerprint density at radius 2 is 1.90 bits per heavy atom. The number of hydrogen-bond donors (Lipinski definition) is 2. The largest absolute Gasteiger partial charge is 0.508 e. The average Bonchev–Trinajstić information content (AvgIpc) is 2.41. The summed E-state index contributed by atoms with van der Waals surface area (Å²) in [5.41, 5.74) is 1.26. The molecule has 0 spiro atoms. The van der Waals surface area contributed by atoms with Crippen LogP contribution in [0.1, 0.15) is 18.9 Å². The number of phenolic OH excluding ortho intramolecular Hbond substituents is 1. The van der Waals surface area contributed by atoms with E-state index >= 15 is 0 Å². The summed E-state index contributed by atoms with van der Waals surface area (Å²) < 4.78 is 5.54. The molecular formula is C16H28N2O2. The fourth-order valence-electron chi connectivity index (χ4n) is 1.87. The van der Waals surface area contributed by atoms with Crippen LogP contribution in [0.3, 0.4) is 0 Å². The molecule has 1 unspecified atom stereocenters. The number of rotatable bonds is 10. The van der Waals surface area contributed by atoms with Crippen molar-refractivity contribution in [1.29, 1.82) is 0 Å². The highest BCUT2D eigenvalue weighted by molar-refractivity contribution is 5.25. The Balaban J connectivity index is 2.03. The van der Waals surface area contributed by atoms with Gasteiger partial charge in [-0.25, -0.2) is 0 Å². The van der Waals surface area contributed by atoms with E-state index in [0.29, 0.717) is 11.8 Å². The molecule has 0 aliphatic carbocycles. The minimum absolute atomic E-state index is 0.329. The molecule has 0 bridgehead atoms. The van der Waals surface area contributed by atoms with Crippen LogP contribution in [-0.2, 0) is 11.2 Å². The number of benzene rings is 1. The molecule has 2 N–H and O–H groups in total. The molecule has 0 amide bonds. The third-order valence-corrected chi connectivity index (χ3v) is 3.22. The standard InChI is InChI=1S/C16H28N2O2/c1-14(17-10-12-20-13-11-18(2)3)4-5-15-6-8-16(19)9-7-15/h6-9,14,17,19H,4-5,10-13H2,1-3H3. The zero-order chi connectivity index (χ0) is 14.8. The number of nitrogens with one attached hydrogen (secondary N) is 1. The molecule has 0 saturated carbocycles. The van der Waals surface area contributed by atoms with Gasteiger partial charge in [-0.1, -0.05) is 12.1 Å². The summed E-state index contributed by atoms with van der Waals surface area (Å²) in [4.78, 5) is 2.12. The molecule has 1 rings (SSSR count). The highest BCUT2D eigenvalue weighted by atomic mass is 16.5. The van der Waals surface area contributed by atoms with E-state index in [1.165, 1.54) is 5.56 Å². The summed E-state index contributed by atoms with van der Waals surface area (Å²) in [6.45, 7) is 5.61. The Labute approximate surface area is 122 Å². The quantitative estimate of drug-likeness (QED) is 0.642. The van der Waals surface area contributed by atoms with Crippen molar-refractivity contribution in [3.05, 3.63) is 29.8 Å². The second-order valence-electron chi connectivity index (χ2n) is 5.48. The molecule has 1 atom stereocenters. The fraction of sp³-hybridized carbons (Fsp3) is 0.625. The number of ether oxygens (including phenoxy) is 1. The van der Waals surface area contributed by atoms with Crippen LogP contribution < -0.4 is 5.32 Å². The third kappa shape index (κ3) is 8.15. The van der Waals surface area contributed by atoms with Crippen LogP contribution in [-0.4, -0.2) is 56.4 Å². The van der Waals surface area contributed by atoms with Crippen molar-refractivity contribution in [3.8, 4) is 5.75 Å². The van der Waals surface area contributed by atoms with Gasteiger partial charge in [-0.05, 0) is 51.6 Å². The highest BCUT2D eigenvalue weighted by Gasteiger charge is 2.02. The zero-order valence-corrected chi connectivity index (χ0v) is 12.9. The van der Waals surface area contributed by atoms with Crippen LogP contribution in [0.4, 0.5) is 0 Å². The molecule has 20 heavy (non-hydrogen) atoms. The van der Waals surface area contributed by atoms with E-state index in [9.17, 15) is 5.11 Å². The number of hydrogen-bond acceptors (Lipinski definition) is 4. The maximum Gasteiger partial charge on any atom is 0.115 e. The molecule has 0 aliphatic heterocycles. The van der Waals surface area contributed by atoms with Crippen molar-refractivity contribution in [2.24, 2.45) is 0 Å². The van der Waals surface area contributed by atoms with E-state index in [-0.39, 0.29) is 0 Å². The molecule has 4 heteroatoms. The summed E-state index contributed by atoms with van der Waals surface area (Å²) in [6, 6.07) is 7.91. The van der Waals surface area contributed by atoms with Gasteiger partial charge in [0.1, 0.15) is 5.75 Å². The Kier molecular flexibility index (Phi) is 8.26. The predicted octanol–water partition coefficient (Wildman–Crippen LogP) is 1.88. The van der Waals surface area contributed by atoms with Crippen LogP contribution in [0.25, 0.3) is 0 Å². The molecule has 0 aliphatic rings. The predicted molar refractivity (Wildman–Crippen MR) is 83.3 cm³/mol. The Morgan fingerprint density at radius 3 is 2.55 bits per heavy atom. The number of aromatic hydroxyl groups is 1. The summed E-state index contributed by atoms with van der Waals surface area (Å²) in [6.07, 6.45) is 2.11. The van der Waals surface area contributed by atoms with Crippen molar-refractivity contribution in [1.82, 2.24) is 10.2 Å². The maximum absolute atomic E-state index is 9.23. The smallest absolute Gasteiger partial charge is 0.115 e. The first kappa shape index (κ1) is 17.0. The monoisotopic (exact) mass is 280 g/mol. The summed E-state index contributed by atoms with van der Waals surface area (Å²) >= 11 is 0. The molecule has 0 fully saturated rings. The van der Waals surface area contributed by atoms with Gasteiger partial charge in [0.15, 0.2) is 0 Å². The zero-order valence-electron chi connectivity index (χ0n) is 12.9. The lowest BCUT2D eigenvalue weighted by atomic mass is 10.1. The van der Waals surface area contributed by atoms with Gasteiger partial charge in [0.05, 0.1) is 13.2 Å². The van der Waals surface area contributed by atoms with Crippen molar-refractivity contribution < 1.29 is 9.84 Å². The molecule has 0 heterocycles. The molecule has 114 valence electrons. The van der Waals surface area contributed by atoms with Gasteiger partial charge in [-0.15, -0.1) is 0 Å². The van der Waals surface area contributed by atoms with Gasteiger partial charge >= 0.3 is 0 Å². The Bertz CT molecular complexity index is 352. The Morgan fingerprint density at radius 1 is 1.20 bits per heavy atom. The van der Waals surface area contributed by atoms with Crippen LogP contribution >= 0.6 is 0 Å². The van der Waals surface area contributed by atoms with Gasteiger partial charge < -0.3 is 20.1 Å². The molecule has 1 aromatic rings. The number of aryl methyl sites for hydroxylation is 1. The van der Waals surface area contributed by atoms with Crippen molar-refractivity contribution in [2.75, 3.05) is 40.4 Å². The number of nitrogens with zero attached hydrogens (tertiary/aromatic N) is 1. The van der Waals surface area contributed by atoms with Gasteiger partial charge in [-0.2, -0.15) is 0 Å².